The lowest BCUT2D eigenvalue weighted by Gasteiger charge is -2.08. The number of ether oxygens (including phenoxy) is 1. The number of hydrogen-bond acceptors (Lipinski definition) is 3. The van der Waals surface area contributed by atoms with Crippen molar-refractivity contribution < 1.29 is 9.53 Å². The Labute approximate surface area is 141 Å². The number of nitrogens with one attached hydrogen (secondary N) is 1. The first kappa shape index (κ1) is 15.7. The zero-order valence-electron chi connectivity index (χ0n) is 13.2. The van der Waals surface area contributed by atoms with Crippen molar-refractivity contribution in [2.75, 3.05) is 0 Å². The first-order valence-electron chi connectivity index (χ1n) is 7.75. The number of carbonyl (C=O) groups excluding carboxylic acids is 1. The molecule has 4 nitrogen and oxygen atoms in total. The Morgan fingerprint density at radius 1 is 0.917 bits per heavy atom. The smallest absolute Gasteiger partial charge is 0.251 e. The van der Waals surface area contributed by atoms with Crippen LogP contribution in [0, 0.1) is 0 Å². The van der Waals surface area contributed by atoms with Crippen molar-refractivity contribution in [3.63, 3.8) is 0 Å². The number of carbonyl (C=O) groups is 1. The number of aromatic nitrogens is 1. The lowest BCUT2D eigenvalue weighted by Crippen LogP contribution is -2.22. The van der Waals surface area contributed by atoms with Crippen molar-refractivity contribution in [3.8, 4) is 5.75 Å². The van der Waals surface area contributed by atoms with Gasteiger partial charge in [0.15, 0.2) is 0 Å². The van der Waals surface area contributed by atoms with Crippen LogP contribution in [-0.4, -0.2) is 10.9 Å². The summed E-state index contributed by atoms with van der Waals surface area (Å²) in [5.41, 5.74) is 2.68. The summed E-state index contributed by atoms with van der Waals surface area (Å²) in [6.45, 7) is 0.965. The number of benzene rings is 2. The largest absolute Gasteiger partial charge is 0.489 e. The van der Waals surface area contributed by atoms with Crippen molar-refractivity contribution in [2.45, 2.75) is 13.2 Å². The van der Waals surface area contributed by atoms with Gasteiger partial charge in [0, 0.05) is 24.5 Å². The summed E-state index contributed by atoms with van der Waals surface area (Å²) in [5, 5.41) is 2.87. The monoisotopic (exact) mass is 318 g/mol. The van der Waals surface area contributed by atoms with Gasteiger partial charge in [-0.1, -0.05) is 36.4 Å². The van der Waals surface area contributed by atoms with Crippen LogP contribution in [0.25, 0.3) is 0 Å². The molecule has 3 aromatic rings. The van der Waals surface area contributed by atoms with Crippen LogP contribution < -0.4 is 10.1 Å². The van der Waals surface area contributed by atoms with Crippen LogP contribution in [0.5, 0.6) is 5.75 Å². The second-order valence-electron chi connectivity index (χ2n) is 5.34. The van der Waals surface area contributed by atoms with Crippen LogP contribution in [0.3, 0.4) is 0 Å². The molecule has 3 rings (SSSR count). The lowest BCUT2D eigenvalue weighted by molar-refractivity contribution is 0.0951. The van der Waals surface area contributed by atoms with Crippen molar-refractivity contribution in [1.82, 2.24) is 10.3 Å². The zero-order chi connectivity index (χ0) is 16.6. The SMILES string of the molecule is O=C(NCc1cccnc1)c1ccc(OCc2ccccc2)cc1. The first-order chi connectivity index (χ1) is 11.8. The number of nitrogens with zero attached hydrogens (tertiary/aromatic N) is 1. The maximum Gasteiger partial charge on any atom is 0.251 e. The average molecular weight is 318 g/mol. The van der Waals surface area contributed by atoms with E-state index in [4.69, 9.17) is 4.74 Å². The predicted octanol–water partition coefficient (Wildman–Crippen LogP) is 3.59. The fourth-order valence-electron chi connectivity index (χ4n) is 2.23. The highest BCUT2D eigenvalue weighted by Crippen LogP contribution is 2.14. The van der Waals surface area contributed by atoms with Crippen LogP contribution in [0.1, 0.15) is 21.5 Å². The Morgan fingerprint density at radius 2 is 1.67 bits per heavy atom. The van der Waals surface area contributed by atoms with Crippen molar-refractivity contribution >= 4 is 5.91 Å². The summed E-state index contributed by atoms with van der Waals surface area (Å²) in [7, 11) is 0. The minimum Gasteiger partial charge on any atom is -0.489 e. The van der Waals surface area contributed by atoms with E-state index in [0.717, 1.165) is 16.9 Å². The number of amides is 1. The van der Waals surface area contributed by atoms with E-state index in [1.165, 1.54) is 0 Å². The Kier molecular flexibility index (Phi) is 5.20. The summed E-state index contributed by atoms with van der Waals surface area (Å²) >= 11 is 0. The van der Waals surface area contributed by atoms with Crippen molar-refractivity contribution in [3.05, 3.63) is 95.8 Å². The van der Waals surface area contributed by atoms with E-state index in [1.807, 2.05) is 54.6 Å². The molecule has 0 aliphatic rings. The molecule has 4 heteroatoms. The van der Waals surface area contributed by atoms with Gasteiger partial charge < -0.3 is 10.1 Å². The zero-order valence-corrected chi connectivity index (χ0v) is 13.2. The summed E-state index contributed by atoms with van der Waals surface area (Å²) in [5.74, 6) is 0.621. The minimum absolute atomic E-state index is 0.117. The highest BCUT2D eigenvalue weighted by molar-refractivity contribution is 5.94. The molecular formula is C20H18N2O2. The molecule has 0 bridgehead atoms. The quantitative estimate of drug-likeness (QED) is 0.755. The van der Waals surface area contributed by atoms with Gasteiger partial charge in [-0.3, -0.25) is 9.78 Å². The third kappa shape index (κ3) is 4.43. The molecule has 1 N–H and O–H groups in total. The van der Waals surface area contributed by atoms with Gasteiger partial charge in [0.25, 0.3) is 5.91 Å². The third-order valence-electron chi connectivity index (χ3n) is 3.54. The van der Waals surface area contributed by atoms with E-state index in [-0.39, 0.29) is 5.91 Å². The van der Waals surface area contributed by atoms with Crippen LogP contribution in [0.15, 0.2) is 79.1 Å². The molecule has 0 fully saturated rings. The fraction of sp³-hybridized carbons (Fsp3) is 0.100. The molecule has 0 aliphatic carbocycles. The Hall–Kier alpha value is -3.14. The molecule has 120 valence electrons. The molecule has 0 radical (unpaired) electrons. The molecule has 0 saturated carbocycles. The van der Waals surface area contributed by atoms with E-state index < -0.39 is 0 Å². The second kappa shape index (κ2) is 7.92. The molecule has 1 heterocycles. The van der Waals surface area contributed by atoms with Crippen LogP contribution in [0.2, 0.25) is 0 Å². The van der Waals surface area contributed by atoms with E-state index in [0.29, 0.717) is 18.7 Å². The molecule has 1 amide bonds. The van der Waals surface area contributed by atoms with Crippen LogP contribution in [0.4, 0.5) is 0 Å². The predicted molar refractivity (Wildman–Crippen MR) is 92.6 cm³/mol. The minimum atomic E-state index is -0.117. The summed E-state index contributed by atoms with van der Waals surface area (Å²) < 4.78 is 5.72. The van der Waals surface area contributed by atoms with Gasteiger partial charge in [-0.2, -0.15) is 0 Å². The van der Waals surface area contributed by atoms with E-state index in [9.17, 15) is 4.79 Å². The highest BCUT2D eigenvalue weighted by Gasteiger charge is 2.05. The standard InChI is InChI=1S/C20H18N2O2/c23-20(22-14-17-7-4-12-21-13-17)18-8-10-19(11-9-18)24-15-16-5-2-1-3-6-16/h1-13H,14-15H2,(H,22,23). The number of rotatable bonds is 6. The maximum absolute atomic E-state index is 12.1. The van der Waals surface area contributed by atoms with Crippen molar-refractivity contribution in [1.29, 1.82) is 0 Å². The van der Waals surface area contributed by atoms with Gasteiger partial charge >= 0.3 is 0 Å². The van der Waals surface area contributed by atoms with Crippen LogP contribution in [-0.2, 0) is 13.2 Å². The first-order valence-corrected chi connectivity index (χ1v) is 7.75. The highest BCUT2D eigenvalue weighted by atomic mass is 16.5. The van der Waals surface area contributed by atoms with Gasteiger partial charge in [-0.25, -0.2) is 0 Å². The Morgan fingerprint density at radius 3 is 2.38 bits per heavy atom. The van der Waals surface area contributed by atoms with Gasteiger partial charge in [0.2, 0.25) is 0 Å². The van der Waals surface area contributed by atoms with Gasteiger partial charge in [0.05, 0.1) is 0 Å². The number of pyridine rings is 1. The summed E-state index contributed by atoms with van der Waals surface area (Å²) in [4.78, 5) is 16.2. The molecule has 0 atom stereocenters. The molecule has 2 aromatic carbocycles. The Balaban J connectivity index is 1.53. The maximum atomic E-state index is 12.1. The molecule has 0 spiro atoms. The van der Waals surface area contributed by atoms with E-state index in [1.54, 1.807) is 24.5 Å². The third-order valence-corrected chi connectivity index (χ3v) is 3.54. The molecule has 1 aromatic heterocycles. The average Bonchev–Trinajstić information content (AvgIpc) is 2.66. The van der Waals surface area contributed by atoms with Gasteiger partial charge in [0.1, 0.15) is 12.4 Å². The molecule has 0 aliphatic heterocycles. The summed E-state index contributed by atoms with van der Waals surface area (Å²) in [6.07, 6.45) is 3.44. The Bertz CT molecular complexity index is 772. The second-order valence-corrected chi connectivity index (χ2v) is 5.34. The fourth-order valence-corrected chi connectivity index (χ4v) is 2.23. The number of hydrogen-bond donors (Lipinski definition) is 1. The van der Waals surface area contributed by atoms with Gasteiger partial charge in [-0.05, 0) is 41.5 Å². The molecule has 0 saturated heterocycles. The molecular weight excluding hydrogens is 300 g/mol. The van der Waals surface area contributed by atoms with Crippen molar-refractivity contribution in [2.24, 2.45) is 0 Å². The van der Waals surface area contributed by atoms with Crippen LogP contribution >= 0.6 is 0 Å². The lowest BCUT2D eigenvalue weighted by atomic mass is 10.2. The van der Waals surface area contributed by atoms with E-state index in [2.05, 4.69) is 10.3 Å². The van der Waals surface area contributed by atoms with E-state index >= 15 is 0 Å². The topological polar surface area (TPSA) is 51.2 Å². The molecule has 0 unspecified atom stereocenters. The van der Waals surface area contributed by atoms with Gasteiger partial charge in [-0.15, -0.1) is 0 Å². The molecule has 24 heavy (non-hydrogen) atoms. The summed E-state index contributed by atoms with van der Waals surface area (Å²) in [6, 6.07) is 20.9. The normalized spacial score (nSPS) is 10.2.